The fourth-order valence-electron chi connectivity index (χ4n) is 2.48. The van der Waals surface area contributed by atoms with Gasteiger partial charge in [0.05, 0.1) is 0 Å². The maximum absolute atomic E-state index is 12.4. The number of nitrogens with zero attached hydrogens (tertiary/aromatic N) is 1. The molecule has 0 saturated heterocycles. The average Bonchev–Trinajstić information content (AvgIpc) is 2.78. The topological polar surface area (TPSA) is 20.3 Å². The zero-order valence-electron chi connectivity index (χ0n) is 13.5. The summed E-state index contributed by atoms with van der Waals surface area (Å²) < 4.78 is 0. The van der Waals surface area contributed by atoms with Crippen LogP contribution in [0.1, 0.15) is 38.7 Å². The summed E-state index contributed by atoms with van der Waals surface area (Å²) in [4.78, 5) is 14.4. The van der Waals surface area contributed by atoms with Gasteiger partial charge in [0.1, 0.15) is 0 Å². The highest BCUT2D eigenvalue weighted by atomic mass is 16.1. The average molecular weight is 283 g/mol. The van der Waals surface area contributed by atoms with Crippen LogP contribution in [0, 0.1) is 5.92 Å². The molecule has 0 bridgehead atoms. The molecule has 0 radical (unpaired) electrons. The molecule has 0 aliphatic heterocycles. The third-order valence-corrected chi connectivity index (χ3v) is 3.83. The number of hydrogen-bond donors (Lipinski definition) is 0. The molecule has 0 unspecified atom stereocenters. The van der Waals surface area contributed by atoms with E-state index in [4.69, 9.17) is 0 Å². The van der Waals surface area contributed by atoms with Crippen LogP contribution in [0.25, 0.3) is 6.08 Å². The maximum Gasteiger partial charge on any atom is 0.184 e. The van der Waals surface area contributed by atoms with Crippen molar-refractivity contribution in [3.8, 4) is 0 Å². The molecule has 1 aromatic rings. The van der Waals surface area contributed by atoms with E-state index in [1.165, 1.54) is 5.69 Å². The van der Waals surface area contributed by atoms with E-state index >= 15 is 0 Å². The van der Waals surface area contributed by atoms with E-state index in [1.807, 2.05) is 20.2 Å². The molecular formula is C19H25NO. The summed E-state index contributed by atoms with van der Waals surface area (Å²) in [5.41, 5.74) is 4.23. The summed E-state index contributed by atoms with van der Waals surface area (Å²) in [5.74, 6) is 0.851. The maximum atomic E-state index is 12.4. The molecule has 1 aromatic carbocycles. The van der Waals surface area contributed by atoms with Crippen molar-refractivity contribution in [3.05, 3.63) is 47.1 Å². The van der Waals surface area contributed by atoms with Crippen molar-refractivity contribution in [2.75, 3.05) is 19.0 Å². The number of benzene rings is 1. The van der Waals surface area contributed by atoms with Crippen LogP contribution in [0.3, 0.4) is 0 Å². The minimum Gasteiger partial charge on any atom is -0.378 e. The van der Waals surface area contributed by atoms with Gasteiger partial charge in [-0.05, 0) is 54.5 Å². The Morgan fingerprint density at radius 3 is 2.29 bits per heavy atom. The summed E-state index contributed by atoms with van der Waals surface area (Å²) in [6.45, 7) is 4.36. The van der Waals surface area contributed by atoms with Crippen LogP contribution in [0.2, 0.25) is 0 Å². The molecule has 2 rings (SSSR count). The molecule has 0 amide bonds. The molecule has 1 aliphatic rings. The van der Waals surface area contributed by atoms with Gasteiger partial charge in [-0.25, -0.2) is 0 Å². The van der Waals surface area contributed by atoms with E-state index in [9.17, 15) is 4.79 Å². The fraction of sp³-hybridized carbons (Fsp3) is 0.421. The van der Waals surface area contributed by atoms with Gasteiger partial charge < -0.3 is 4.90 Å². The monoisotopic (exact) mass is 283 g/mol. The van der Waals surface area contributed by atoms with Crippen molar-refractivity contribution in [1.29, 1.82) is 0 Å². The third kappa shape index (κ3) is 4.07. The second-order valence-electron chi connectivity index (χ2n) is 6.34. The Bertz CT molecular complexity index is 562. The van der Waals surface area contributed by atoms with Gasteiger partial charge in [-0.3, -0.25) is 4.79 Å². The van der Waals surface area contributed by atoms with Gasteiger partial charge in [0.25, 0.3) is 0 Å². The number of rotatable bonds is 4. The molecule has 0 heterocycles. The van der Waals surface area contributed by atoms with Crippen LogP contribution in [0.5, 0.6) is 0 Å². The zero-order chi connectivity index (χ0) is 15.4. The highest BCUT2D eigenvalue weighted by Gasteiger charge is 2.22. The van der Waals surface area contributed by atoms with Crippen LogP contribution in [-0.4, -0.2) is 19.9 Å². The lowest BCUT2D eigenvalue weighted by Gasteiger charge is -2.11. The summed E-state index contributed by atoms with van der Waals surface area (Å²) in [5, 5.41) is 0. The molecule has 0 N–H and O–H groups in total. The first-order valence-electron chi connectivity index (χ1n) is 7.69. The number of carbonyl (C=O) groups excluding carboxylic acids is 1. The molecular weight excluding hydrogens is 258 g/mol. The highest BCUT2D eigenvalue weighted by molar-refractivity contribution is 6.13. The number of hydrogen-bond acceptors (Lipinski definition) is 2. The molecule has 0 atom stereocenters. The first-order chi connectivity index (χ1) is 9.97. The number of Topliss-reactive ketones (excluding diaryl/α,β-unsaturated/α-hetero) is 1. The van der Waals surface area contributed by atoms with Crippen molar-refractivity contribution in [2.45, 2.75) is 33.1 Å². The van der Waals surface area contributed by atoms with Crippen LogP contribution in [-0.2, 0) is 4.79 Å². The first kappa shape index (κ1) is 15.6. The minimum absolute atomic E-state index is 0.243. The molecule has 1 fully saturated rings. The van der Waals surface area contributed by atoms with Crippen LogP contribution < -0.4 is 4.90 Å². The van der Waals surface area contributed by atoms with Gasteiger partial charge >= 0.3 is 0 Å². The summed E-state index contributed by atoms with van der Waals surface area (Å²) in [7, 11) is 4.06. The number of carbonyl (C=O) groups is 1. The lowest BCUT2D eigenvalue weighted by Crippen LogP contribution is -2.07. The molecule has 0 aromatic heterocycles. The Kier molecular flexibility index (Phi) is 5.00. The van der Waals surface area contributed by atoms with Gasteiger partial charge in [-0.15, -0.1) is 0 Å². The van der Waals surface area contributed by atoms with E-state index in [0.717, 1.165) is 36.0 Å². The smallest absolute Gasteiger partial charge is 0.184 e. The Labute approximate surface area is 128 Å². The zero-order valence-corrected chi connectivity index (χ0v) is 13.5. The van der Waals surface area contributed by atoms with E-state index in [0.29, 0.717) is 5.92 Å². The van der Waals surface area contributed by atoms with Crippen molar-refractivity contribution in [2.24, 2.45) is 5.92 Å². The molecule has 2 heteroatoms. The number of ketones is 1. The van der Waals surface area contributed by atoms with Crippen LogP contribution in [0.4, 0.5) is 5.69 Å². The van der Waals surface area contributed by atoms with E-state index in [2.05, 4.69) is 49.1 Å². The van der Waals surface area contributed by atoms with Gasteiger partial charge in [-0.1, -0.05) is 32.1 Å². The second-order valence-corrected chi connectivity index (χ2v) is 6.34. The van der Waals surface area contributed by atoms with Crippen LogP contribution in [0.15, 0.2) is 41.5 Å². The van der Waals surface area contributed by atoms with Crippen molar-refractivity contribution in [3.63, 3.8) is 0 Å². The van der Waals surface area contributed by atoms with Crippen molar-refractivity contribution >= 4 is 17.5 Å². The quantitative estimate of drug-likeness (QED) is 0.760. The standard InChI is InChI=1S/C19H25NO/c1-14(2)5-8-16-9-10-17(19(16)21)13-15-6-11-18(12-7-15)20(3)4/h6-8,11-14H,5,9-10H2,1-4H3. The summed E-state index contributed by atoms with van der Waals surface area (Å²) >= 11 is 0. The molecule has 21 heavy (non-hydrogen) atoms. The van der Waals surface area contributed by atoms with Gasteiger partial charge in [0.15, 0.2) is 5.78 Å². The highest BCUT2D eigenvalue weighted by Crippen LogP contribution is 2.29. The van der Waals surface area contributed by atoms with Crippen molar-refractivity contribution in [1.82, 2.24) is 0 Å². The Balaban J connectivity index is 2.12. The Morgan fingerprint density at radius 1 is 1.10 bits per heavy atom. The fourth-order valence-corrected chi connectivity index (χ4v) is 2.48. The largest absolute Gasteiger partial charge is 0.378 e. The first-order valence-corrected chi connectivity index (χ1v) is 7.69. The van der Waals surface area contributed by atoms with E-state index < -0.39 is 0 Å². The minimum atomic E-state index is 0.243. The molecule has 0 spiro atoms. The third-order valence-electron chi connectivity index (χ3n) is 3.83. The van der Waals surface area contributed by atoms with Gasteiger partial charge in [0, 0.05) is 25.4 Å². The molecule has 112 valence electrons. The SMILES string of the molecule is CC(C)CC=C1CCC(=Cc2ccc(N(C)C)cc2)C1=O. The number of allylic oxidation sites excluding steroid dienone is 3. The van der Waals surface area contributed by atoms with E-state index in [1.54, 1.807) is 0 Å². The van der Waals surface area contributed by atoms with E-state index in [-0.39, 0.29) is 5.78 Å². The Morgan fingerprint density at radius 2 is 1.71 bits per heavy atom. The van der Waals surface area contributed by atoms with Crippen LogP contribution >= 0.6 is 0 Å². The molecule has 1 saturated carbocycles. The summed E-state index contributed by atoms with van der Waals surface area (Å²) in [6, 6.07) is 8.32. The lowest BCUT2D eigenvalue weighted by atomic mass is 10.1. The predicted molar refractivity (Wildman–Crippen MR) is 90.5 cm³/mol. The Hall–Kier alpha value is -1.83. The predicted octanol–water partition coefficient (Wildman–Crippen LogP) is 4.47. The molecule has 2 nitrogen and oxygen atoms in total. The second kappa shape index (κ2) is 6.75. The van der Waals surface area contributed by atoms with Gasteiger partial charge in [0.2, 0.25) is 0 Å². The van der Waals surface area contributed by atoms with Gasteiger partial charge in [-0.2, -0.15) is 0 Å². The summed E-state index contributed by atoms with van der Waals surface area (Å²) in [6.07, 6.45) is 6.93. The number of anilines is 1. The molecule has 1 aliphatic carbocycles. The normalized spacial score (nSPS) is 19.0. The van der Waals surface area contributed by atoms with Crippen molar-refractivity contribution < 1.29 is 4.79 Å². The lowest BCUT2D eigenvalue weighted by molar-refractivity contribution is -0.111.